The smallest absolute Gasteiger partial charge is 0.310 e. The van der Waals surface area contributed by atoms with Crippen molar-refractivity contribution in [3.05, 3.63) is 22.8 Å². The molecule has 9 heteroatoms. The second-order valence-electron chi connectivity index (χ2n) is 14.6. The van der Waals surface area contributed by atoms with E-state index >= 15 is 0 Å². The van der Waals surface area contributed by atoms with Crippen LogP contribution in [-0.2, 0) is 23.2 Å². The van der Waals surface area contributed by atoms with E-state index in [2.05, 4.69) is 79.5 Å². The summed E-state index contributed by atoms with van der Waals surface area (Å²) in [5.41, 5.74) is -0.205. The number of esters is 1. The van der Waals surface area contributed by atoms with Gasteiger partial charge in [0, 0.05) is 30.1 Å². The van der Waals surface area contributed by atoms with Crippen molar-refractivity contribution in [1.82, 2.24) is 0 Å². The monoisotopic (exact) mass is 642 g/mol. The van der Waals surface area contributed by atoms with Gasteiger partial charge in [-0.1, -0.05) is 66.0 Å². The lowest BCUT2D eigenvalue weighted by atomic mass is 9.94. The molecule has 0 aromatic heterocycles. The Morgan fingerprint density at radius 3 is 2.19 bits per heavy atom. The van der Waals surface area contributed by atoms with Gasteiger partial charge in [0.25, 0.3) is 0 Å². The van der Waals surface area contributed by atoms with Crippen molar-refractivity contribution in [2.75, 3.05) is 5.75 Å². The van der Waals surface area contributed by atoms with Gasteiger partial charge in [-0.3, -0.25) is 9.59 Å². The van der Waals surface area contributed by atoms with Gasteiger partial charge in [-0.15, -0.1) is 11.8 Å². The van der Waals surface area contributed by atoms with Gasteiger partial charge in [-0.05, 0) is 82.6 Å². The molecule has 0 aliphatic heterocycles. The van der Waals surface area contributed by atoms with Crippen LogP contribution in [0.3, 0.4) is 0 Å². The molecule has 6 nitrogen and oxygen atoms in total. The lowest BCUT2D eigenvalue weighted by molar-refractivity contribution is -0.140. The predicted octanol–water partition coefficient (Wildman–Crippen LogP) is 10.1. The highest BCUT2D eigenvalue weighted by molar-refractivity contribution is 8.03. The molecule has 0 fully saturated rings. The minimum atomic E-state index is -2.10. The van der Waals surface area contributed by atoms with Crippen LogP contribution in [0, 0.1) is 5.92 Å². The maximum absolute atomic E-state index is 12.7. The Labute approximate surface area is 264 Å². The van der Waals surface area contributed by atoms with Gasteiger partial charge >= 0.3 is 11.9 Å². The van der Waals surface area contributed by atoms with Crippen LogP contribution in [0.2, 0.25) is 37.8 Å². The number of carbonyl (C=O) groups is 2. The zero-order valence-corrected chi connectivity index (χ0v) is 31.5. The fraction of sp³-hybridized carbons (Fsp3) is 0.818. The minimum absolute atomic E-state index is 0.00915. The van der Waals surface area contributed by atoms with E-state index in [0.29, 0.717) is 19.3 Å². The van der Waals surface area contributed by atoms with Gasteiger partial charge < -0.3 is 18.7 Å². The fourth-order valence-corrected chi connectivity index (χ4v) is 9.27. The van der Waals surface area contributed by atoms with E-state index < -0.39 is 22.6 Å². The summed E-state index contributed by atoms with van der Waals surface area (Å²) in [6.07, 6.45) is 13.0. The molecule has 1 rings (SSSR count). The Bertz CT molecular complexity index is 918. The van der Waals surface area contributed by atoms with E-state index in [1.165, 1.54) is 0 Å². The number of carboxylic acid groups (broad SMARTS) is 1. The lowest BCUT2D eigenvalue weighted by Crippen LogP contribution is -2.45. The predicted molar refractivity (Wildman–Crippen MR) is 183 cm³/mol. The summed E-state index contributed by atoms with van der Waals surface area (Å²) in [5.74, 6) is 0.697. The Hall–Kier alpha value is -0.876. The van der Waals surface area contributed by atoms with Gasteiger partial charge in [0.05, 0.1) is 11.7 Å². The van der Waals surface area contributed by atoms with Crippen LogP contribution in [0.25, 0.3) is 0 Å². The number of rotatable bonds is 20. The molecule has 0 aromatic rings. The summed E-state index contributed by atoms with van der Waals surface area (Å²) < 4.78 is 19.8. The van der Waals surface area contributed by atoms with E-state index in [0.717, 1.165) is 61.4 Å². The topological polar surface area (TPSA) is 82.1 Å². The summed E-state index contributed by atoms with van der Waals surface area (Å²) in [6, 6.07) is 0. The minimum Gasteiger partial charge on any atom is -0.481 e. The van der Waals surface area contributed by atoms with Crippen LogP contribution in [-0.4, -0.2) is 51.1 Å². The van der Waals surface area contributed by atoms with Crippen molar-refractivity contribution in [2.45, 2.75) is 162 Å². The Morgan fingerprint density at radius 2 is 1.64 bits per heavy atom. The third kappa shape index (κ3) is 14.3. The van der Waals surface area contributed by atoms with E-state index in [9.17, 15) is 9.59 Å². The Morgan fingerprint density at radius 1 is 0.976 bits per heavy atom. The summed E-state index contributed by atoms with van der Waals surface area (Å²) in [4.78, 5) is 24.7. The summed E-state index contributed by atoms with van der Waals surface area (Å²) in [5, 5.41) is 9.04. The molecule has 1 N–H and O–H groups in total. The van der Waals surface area contributed by atoms with Crippen LogP contribution in [0.5, 0.6) is 0 Å². The van der Waals surface area contributed by atoms with Crippen LogP contribution in [0.15, 0.2) is 22.8 Å². The molecule has 0 saturated carbocycles. The highest BCUT2D eigenvalue weighted by Crippen LogP contribution is 2.47. The zero-order chi connectivity index (χ0) is 32.2. The number of hydrogen-bond acceptors (Lipinski definition) is 6. The molecule has 244 valence electrons. The molecule has 1 aliphatic rings. The zero-order valence-electron chi connectivity index (χ0n) is 28.7. The Kier molecular flexibility index (Phi) is 16.4. The molecule has 3 atom stereocenters. The molecule has 0 heterocycles. The largest absolute Gasteiger partial charge is 0.481 e. The second kappa shape index (κ2) is 17.6. The average molecular weight is 643 g/mol. The second-order valence-corrected chi connectivity index (χ2v) is 24.9. The van der Waals surface area contributed by atoms with E-state index in [1.807, 2.05) is 6.92 Å². The lowest BCUT2D eigenvalue weighted by Gasteiger charge is -2.40. The number of carbonyl (C=O) groups excluding carboxylic acids is 1. The molecule has 0 spiro atoms. The SMILES string of the molecule is CCCC[C@@](C)(C/C=C/[C@@H]1C(SCCCCCC(=O)O)=C(OC(=O)CCC)C[C@H]1O[Si](C)(C)C(C)(C)C)O[Si](C)(C)C. The van der Waals surface area contributed by atoms with Gasteiger partial charge in [0.2, 0.25) is 0 Å². The van der Waals surface area contributed by atoms with Crippen molar-refractivity contribution in [2.24, 2.45) is 5.92 Å². The number of hydrogen-bond donors (Lipinski definition) is 1. The molecule has 42 heavy (non-hydrogen) atoms. The normalized spacial score (nSPS) is 19.9. The first kappa shape index (κ1) is 39.1. The van der Waals surface area contributed by atoms with Gasteiger partial charge in [-0.25, -0.2) is 0 Å². The van der Waals surface area contributed by atoms with E-state index in [-0.39, 0.29) is 35.1 Å². The number of ether oxygens (including phenoxy) is 1. The first-order valence-electron chi connectivity index (χ1n) is 16.2. The van der Waals surface area contributed by atoms with Crippen LogP contribution < -0.4 is 0 Å². The first-order valence-corrected chi connectivity index (χ1v) is 23.5. The third-order valence-corrected chi connectivity index (χ3v) is 15.0. The number of thioether (sulfide) groups is 1. The number of aliphatic carboxylic acids is 1. The molecule has 0 radical (unpaired) electrons. The van der Waals surface area contributed by atoms with Crippen molar-refractivity contribution >= 4 is 40.3 Å². The van der Waals surface area contributed by atoms with Gasteiger partial charge in [0.1, 0.15) is 5.76 Å². The maximum Gasteiger partial charge on any atom is 0.310 e. The van der Waals surface area contributed by atoms with E-state index in [1.54, 1.807) is 11.8 Å². The fourth-order valence-electron chi connectivity index (χ4n) is 4.99. The number of carboxylic acids is 1. The molecule has 0 saturated heterocycles. The van der Waals surface area contributed by atoms with E-state index in [4.69, 9.17) is 18.7 Å². The van der Waals surface area contributed by atoms with Crippen molar-refractivity contribution in [3.8, 4) is 0 Å². The first-order chi connectivity index (χ1) is 19.3. The highest BCUT2D eigenvalue weighted by Gasteiger charge is 2.44. The Balaban J connectivity index is 3.36. The van der Waals surface area contributed by atoms with Gasteiger partial charge in [-0.2, -0.15) is 0 Å². The molecule has 1 aliphatic carbocycles. The molecular weight excluding hydrogens is 581 g/mol. The van der Waals surface area contributed by atoms with Crippen molar-refractivity contribution in [3.63, 3.8) is 0 Å². The summed E-state index contributed by atoms with van der Waals surface area (Å²) in [7, 11) is -3.83. The molecule has 0 bridgehead atoms. The van der Waals surface area contributed by atoms with Crippen LogP contribution in [0.1, 0.15) is 112 Å². The van der Waals surface area contributed by atoms with Crippen molar-refractivity contribution < 1.29 is 28.3 Å². The average Bonchev–Trinajstić information content (AvgIpc) is 3.12. The highest BCUT2D eigenvalue weighted by atomic mass is 32.2. The van der Waals surface area contributed by atoms with Gasteiger partial charge in [0.15, 0.2) is 16.6 Å². The molecule has 0 amide bonds. The van der Waals surface area contributed by atoms with Crippen LogP contribution >= 0.6 is 11.8 Å². The molecular formula is C33H62O6SSi2. The maximum atomic E-state index is 12.7. The quantitative estimate of drug-likeness (QED) is 0.0612. The van der Waals surface area contributed by atoms with Crippen LogP contribution in [0.4, 0.5) is 0 Å². The molecule has 0 aromatic carbocycles. The third-order valence-electron chi connectivity index (χ3n) is 8.11. The summed E-state index contributed by atoms with van der Waals surface area (Å²) in [6.45, 7) is 24.6. The molecule has 0 unspecified atom stereocenters. The standard InChI is InChI=1S/C33H62O6SSi2/c1-12-14-22-33(6,39-41(7,8)9)23-18-20-26-27(38-42(10,11)32(3,4)5)25-28(37-30(36)19-13-2)31(26)40-24-17-15-16-21-29(34)35/h18,20,26-27H,12-17,19,21-25H2,1-11H3,(H,34,35)/b20-18+/t26-,27+,33-/m0/s1. The summed E-state index contributed by atoms with van der Waals surface area (Å²) >= 11 is 1.75. The number of unbranched alkanes of at least 4 members (excludes halogenated alkanes) is 3. The van der Waals surface area contributed by atoms with Crippen molar-refractivity contribution in [1.29, 1.82) is 0 Å².